The van der Waals surface area contributed by atoms with Gasteiger partial charge >= 0.3 is 5.97 Å². The number of carboxylic acid groups (broad SMARTS) is 1. The zero-order valence-corrected chi connectivity index (χ0v) is 9.16. The molecule has 0 aliphatic carbocycles. The standard InChI is InChI=1S/C12H8N2O4/c15-12(16)8-4-13-11(14-5-8)7-1-2-9-10(3-7)18-6-17-9/h1-5H,6H2,(H,15,16). The number of carboxylic acids is 1. The van der Waals surface area contributed by atoms with Crippen LogP contribution in [0.25, 0.3) is 11.4 Å². The van der Waals surface area contributed by atoms with Crippen LogP contribution in [0.1, 0.15) is 10.4 Å². The van der Waals surface area contributed by atoms with E-state index in [-0.39, 0.29) is 12.4 Å². The van der Waals surface area contributed by atoms with E-state index in [2.05, 4.69) is 9.97 Å². The zero-order chi connectivity index (χ0) is 12.5. The molecule has 0 fully saturated rings. The summed E-state index contributed by atoms with van der Waals surface area (Å²) < 4.78 is 10.4. The van der Waals surface area contributed by atoms with E-state index in [1.54, 1.807) is 18.2 Å². The third-order valence-electron chi connectivity index (χ3n) is 2.53. The number of benzene rings is 1. The Morgan fingerprint density at radius 1 is 1.17 bits per heavy atom. The van der Waals surface area contributed by atoms with Crippen LogP contribution in [0, 0.1) is 0 Å². The quantitative estimate of drug-likeness (QED) is 0.863. The average Bonchev–Trinajstić information content (AvgIpc) is 2.86. The molecule has 2 heterocycles. The van der Waals surface area contributed by atoms with Crippen LogP contribution in [0.5, 0.6) is 11.5 Å². The maximum Gasteiger partial charge on any atom is 0.338 e. The summed E-state index contributed by atoms with van der Waals surface area (Å²) in [5.74, 6) is 0.713. The first kappa shape index (κ1) is 10.5. The number of nitrogens with zero attached hydrogens (tertiary/aromatic N) is 2. The van der Waals surface area contributed by atoms with Gasteiger partial charge in [-0.15, -0.1) is 0 Å². The highest BCUT2D eigenvalue weighted by Gasteiger charge is 2.15. The highest BCUT2D eigenvalue weighted by molar-refractivity contribution is 5.86. The lowest BCUT2D eigenvalue weighted by atomic mass is 10.2. The van der Waals surface area contributed by atoms with Crippen LogP contribution >= 0.6 is 0 Å². The van der Waals surface area contributed by atoms with Gasteiger partial charge in [-0.25, -0.2) is 14.8 Å². The molecule has 0 spiro atoms. The van der Waals surface area contributed by atoms with E-state index in [0.717, 1.165) is 5.56 Å². The van der Waals surface area contributed by atoms with Crippen molar-refractivity contribution in [3.63, 3.8) is 0 Å². The summed E-state index contributed by atoms with van der Waals surface area (Å²) in [6.45, 7) is 0.206. The first-order valence-electron chi connectivity index (χ1n) is 5.19. The van der Waals surface area contributed by atoms with Crippen LogP contribution in [0.3, 0.4) is 0 Å². The predicted octanol–water partition coefficient (Wildman–Crippen LogP) is 1.57. The van der Waals surface area contributed by atoms with Gasteiger partial charge < -0.3 is 14.6 Å². The van der Waals surface area contributed by atoms with Crippen molar-refractivity contribution in [3.8, 4) is 22.9 Å². The van der Waals surface area contributed by atoms with E-state index in [1.165, 1.54) is 12.4 Å². The van der Waals surface area contributed by atoms with Crippen molar-refractivity contribution in [2.45, 2.75) is 0 Å². The molecule has 3 rings (SSSR count). The first-order valence-corrected chi connectivity index (χ1v) is 5.19. The topological polar surface area (TPSA) is 81.5 Å². The van der Waals surface area contributed by atoms with E-state index in [0.29, 0.717) is 17.3 Å². The molecule has 90 valence electrons. The molecule has 1 aliphatic heterocycles. The first-order chi connectivity index (χ1) is 8.74. The maximum absolute atomic E-state index is 10.7. The molecular formula is C12H8N2O4. The smallest absolute Gasteiger partial charge is 0.338 e. The van der Waals surface area contributed by atoms with Crippen molar-refractivity contribution in [1.82, 2.24) is 9.97 Å². The predicted molar refractivity (Wildman–Crippen MR) is 60.6 cm³/mol. The van der Waals surface area contributed by atoms with E-state index in [4.69, 9.17) is 14.6 Å². The minimum Gasteiger partial charge on any atom is -0.478 e. The lowest BCUT2D eigenvalue weighted by Gasteiger charge is -2.02. The fraction of sp³-hybridized carbons (Fsp3) is 0.0833. The molecule has 0 saturated heterocycles. The van der Waals surface area contributed by atoms with Crippen LogP contribution in [0.4, 0.5) is 0 Å². The molecule has 18 heavy (non-hydrogen) atoms. The summed E-state index contributed by atoms with van der Waals surface area (Å²) in [5, 5.41) is 8.76. The van der Waals surface area contributed by atoms with Crippen molar-refractivity contribution < 1.29 is 19.4 Å². The highest BCUT2D eigenvalue weighted by Crippen LogP contribution is 2.34. The molecule has 1 N–H and O–H groups in total. The molecule has 1 aromatic carbocycles. The van der Waals surface area contributed by atoms with Gasteiger partial charge in [-0.1, -0.05) is 0 Å². The number of carbonyl (C=O) groups is 1. The Labute approximate surface area is 102 Å². The molecule has 6 heteroatoms. The van der Waals surface area contributed by atoms with Gasteiger partial charge in [-0.05, 0) is 18.2 Å². The van der Waals surface area contributed by atoms with E-state index in [9.17, 15) is 4.79 Å². The van der Waals surface area contributed by atoms with Gasteiger partial charge in [0.15, 0.2) is 17.3 Å². The Kier molecular flexibility index (Phi) is 2.33. The van der Waals surface area contributed by atoms with Crippen molar-refractivity contribution in [2.75, 3.05) is 6.79 Å². The van der Waals surface area contributed by atoms with Crippen molar-refractivity contribution in [3.05, 3.63) is 36.2 Å². The minimum atomic E-state index is -1.05. The lowest BCUT2D eigenvalue weighted by Crippen LogP contribution is -1.99. The number of ether oxygens (including phenoxy) is 2. The molecule has 0 unspecified atom stereocenters. The molecular weight excluding hydrogens is 236 g/mol. The minimum absolute atomic E-state index is 0.0551. The number of aromatic carboxylic acids is 1. The Hall–Kier alpha value is -2.63. The second-order valence-corrected chi connectivity index (χ2v) is 3.67. The Morgan fingerprint density at radius 2 is 1.89 bits per heavy atom. The molecule has 0 bridgehead atoms. The molecule has 0 atom stereocenters. The molecule has 0 saturated carbocycles. The fourth-order valence-electron chi connectivity index (χ4n) is 1.62. The number of rotatable bonds is 2. The molecule has 6 nitrogen and oxygen atoms in total. The van der Waals surface area contributed by atoms with Gasteiger partial charge in [0.25, 0.3) is 0 Å². The zero-order valence-electron chi connectivity index (χ0n) is 9.16. The molecule has 0 radical (unpaired) electrons. The van der Waals surface area contributed by atoms with Crippen molar-refractivity contribution >= 4 is 5.97 Å². The Morgan fingerprint density at radius 3 is 2.61 bits per heavy atom. The van der Waals surface area contributed by atoms with Crippen LogP contribution in [-0.2, 0) is 0 Å². The third kappa shape index (κ3) is 1.73. The number of fused-ring (bicyclic) bond motifs is 1. The molecule has 1 aromatic heterocycles. The van der Waals surface area contributed by atoms with Gasteiger partial charge in [0.2, 0.25) is 6.79 Å². The largest absolute Gasteiger partial charge is 0.478 e. The van der Waals surface area contributed by atoms with Gasteiger partial charge in [0.05, 0.1) is 5.56 Å². The van der Waals surface area contributed by atoms with Crippen LogP contribution < -0.4 is 9.47 Å². The second kappa shape index (κ2) is 3.99. The van der Waals surface area contributed by atoms with Gasteiger partial charge in [-0.2, -0.15) is 0 Å². The summed E-state index contributed by atoms with van der Waals surface area (Å²) in [7, 11) is 0. The van der Waals surface area contributed by atoms with Crippen LogP contribution in [0.15, 0.2) is 30.6 Å². The monoisotopic (exact) mass is 244 g/mol. The molecule has 2 aromatic rings. The normalized spacial score (nSPS) is 12.4. The van der Waals surface area contributed by atoms with Crippen molar-refractivity contribution in [2.24, 2.45) is 0 Å². The third-order valence-corrected chi connectivity index (χ3v) is 2.53. The number of hydrogen-bond acceptors (Lipinski definition) is 5. The molecule has 1 aliphatic rings. The summed E-state index contributed by atoms with van der Waals surface area (Å²) >= 11 is 0. The summed E-state index contributed by atoms with van der Waals surface area (Å²) in [5.41, 5.74) is 0.802. The van der Waals surface area contributed by atoms with Gasteiger partial charge in [0, 0.05) is 18.0 Å². The SMILES string of the molecule is O=C(O)c1cnc(-c2ccc3c(c2)OCO3)nc1. The maximum atomic E-state index is 10.7. The highest BCUT2D eigenvalue weighted by atomic mass is 16.7. The lowest BCUT2D eigenvalue weighted by molar-refractivity contribution is 0.0696. The number of hydrogen-bond donors (Lipinski definition) is 1. The van der Waals surface area contributed by atoms with E-state index in [1.807, 2.05) is 0 Å². The van der Waals surface area contributed by atoms with E-state index < -0.39 is 5.97 Å². The Bertz CT molecular complexity index is 610. The fourth-order valence-corrected chi connectivity index (χ4v) is 1.62. The average molecular weight is 244 g/mol. The molecule has 0 amide bonds. The van der Waals surface area contributed by atoms with E-state index >= 15 is 0 Å². The second-order valence-electron chi connectivity index (χ2n) is 3.67. The van der Waals surface area contributed by atoms with Crippen molar-refractivity contribution in [1.29, 1.82) is 0 Å². The summed E-state index contributed by atoms with van der Waals surface area (Å²) in [4.78, 5) is 18.7. The van der Waals surface area contributed by atoms with Gasteiger partial charge in [0.1, 0.15) is 0 Å². The van der Waals surface area contributed by atoms with Crippen LogP contribution in [-0.4, -0.2) is 27.8 Å². The van der Waals surface area contributed by atoms with Crippen LogP contribution in [0.2, 0.25) is 0 Å². The summed E-state index contributed by atoms with van der Waals surface area (Å²) in [6, 6.07) is 5.33. The summed E-state index contributed by atoms with van der Waals surface area (Å²) in [6.07, 6.45) is 2.55. The Balaban J connectivity index is 1.97. The van der Waals surface area contributed by atoms with Gasteiger partial charge in [-0.3, -0.25) is 0 Å². The number of aromatic nitrogens is 2.